The number of likely N-dealkylation sites (N-methyl/N-ethyl adjacent to an activating group) is 2. The molecule has 2 aromatic carbocycles. The van der Waals surface area contributed by atoms with Crippen LogP contribution in [0, 0.1) is 6.92 Å². The van der Waals surface area contributed by atoms with Gasteiger partial charge in [-0.1, -0.05) is 18.2 Å². The number of amides is 1. The van der Waals surface area contributed by atoms with Crippen LogP contribution in [0.2, 0.25) is 0 Å². The summed E-state index contributed by atoms with van der Waals surface area (Å²) in [5.41, 5.74) is 3.73. The second-order valence-electron chi connectivity index (χ2n) is 8.10. The van der Waals surface area contributed by atoms with Crippen LogP contribution in [0.4, 0.5) is 16.2 Å². The number of nitrogens with one attached hydrogen (secondary N) is 1. The highest BCUT2D eigenvalue weighted by Gasteiger charge is 2.61. The highest BCUT2D eigenvalue weighted by atomic mass is 16.6. The van der Waals surface area contributed by atoms with E-state index in [9.17, 15) is 10.0 Å². The molecule has 27 heavy (non-hydrogen) atoms. The summed E-state index contributed by atoms with van der Waals surface area (Å²) in [5.74, 6) is 0.508. The number of nitrogens with zero attached hydrogens (tertiary/aromatic N) is 2. The van der Waals surface area contributed by atoms with Crippen LogP contribution in [0.15, 0.2) is 42.5 Å². The van der Waals surface area contributed by atoms with E-state index in [0.29, 0.717) is 12.3 Å². The van der Waals surface area contributed by atoms with Gasteiger partial charge in [-0.15, -0.1) is 0 Å². The fraction of sp³-hybridized carbons (Fsp3) is 0.381. The van der Waals surface area contributed by atoms with Gasteiger partial charge in [0.2, 0.25) is 6.17 Å². The molecule has 4 rings (SSSR count). The third-order valence-corrected chi connectivity index (χ3v) is 6.10. The van der Waals surface area contributed by atoms with Crippen molar-refractivity contribution in [1.82, 2.24) is 0 Å². The van der Waals surface area contributed by atoms with Crippen molar-refractivity contribution in [3.8, 4) is 5.75 Å². The molecule has 2 N–H and O–H groups in total. The summed E-state index contributed by atoms with van der Waals surface area (Å²) in [4.78, 5) is 14.5. The molecule has 0 radical (unpaired) electrons. The molecule has 6 nitrogen and oxygen atoms in total. The number of quaternary nitrogens is 1. The topological polar surface area (TPSA) is 61.8 Å². The van der Waals surface area contributed by atoms with Gasteiger partial charge in [0.25, 0.3) is 0 Å². The van der Waals surface area contributed by atoms with E-state index in [2.05, 4.69) is 17.1 Å². The normalized spacial score (nSPS) is 28.6. The van der Waals surface area contributed by atoms with Crippen molar-refractivity contribution in [3.63, 3.8) is 0 Å². The molecule has 1 saturated heterocycles. The standard InChI is InChI=1S/C21H25N3O3/c1-14-7-5-6-8-17(14)22-20(25)27-15-9-10-18-16(13-15)21(2)11-12-24(4,26)19(21)23(18)3/h5-10,13,19,26H,11-12H2,1-4H3/p+1/t19-,21-,24+/m0/s1. The summed E-state index contributed by atoms with van der Waals surface area (Å²) in [6.45, 7) is 4.81. The molecule has 2 aliphatic heterocycles. The van der Waals surface area contributed by atoms with Crippen molar-refractivity contribution >= 4 is 17.5 Å². The number of rotatable bonds is 2. The van der Waals surface area contributed by atoms with Crippen LogP contribution in [0.1, 0.15) is 24.5 Å². The lowest BCUT2D eigenvalue weighted by atomic mass is 9.81. The van der Waals surface area contributed by atoms with Crippen molar-refractivity contribution in [2.24, 2.45) is 0 Å². The van der Waals surface area contributed by atoms with Crippen molar-refractivity contribution in [2.75, 3.05) is 30.9 Å². The Bertz CT molecular complexity index is 911. The van der Waals surface area contributed by atoms with Gasteiger partial charge in [-0.2, -0.15) is 4.65 Å². The summed E-state index contributed by atoms with van der Waals surface area (Å²) in [5, 5.41) is 13.6. The largest absolute Gasteiger partial charge is 0.417 e. The predicted molar refractivity (Wildman–Crippen MR) is 104 cm³/mol. The molecular formula is C21H26N3O3+. The zero-order valence-corrected chi connectivity index (χ0v) is 16.2. The average molecular weight is 368 g/mol. The maximum Gasteiger partial charge on any atom is 0.417 e. The molecule has 0 saturated carbocycles. The number of hydrogen-bond donors (Lipinski definition) is 2. The van der Waals surface area contributed by atoms with Crippen molar-refractivity contribution in [1.29, 1.82) is 0 Å². The van der Waals surface area contributed by atoms with E-state index in [-0.39, 0.29) is 16.2 Å². The Kier molecular flexibility index (Phi) is 3.94. The number of hydroxylamine groups is 3. The van der Waals surface area contributed by atoms with Crippen LogP contribution >= 0.6 is 0 Å². The van der Waals surface area contributed by atoms with E-state index in [1.165, 1.54) is 0 Å². The third kappa shape index (κ3) is 2.76. The van der Waals surface area contributed by atoms with Gasteiger partial charge in [-0.25, -0.2) is 10.0 Å². The van der Waals surface area contributed by atoms with Gasteiger partial charge in [0.05, 0.1) is 5.41 Å². The molecule has 0 spiro atoms. The zero-order valence-electron chi connectivity index (χ0n) is 16.2. The lowest BCUT2D eigenvalue weighted by molar-refractivity contribution is -1.10. The molecule has 0 aromatic heterocycles. The maximum absolute atomic E-state index is 12.3. The van der Waals surface area contributed by atoms with E-state index in [1.807, 2.05) is 57.4 Å². The first-order valence-corrected chi connectivity index (χ1v) is 9.22. The number of fused-ring (bicyclic) bond motifs is 3. The summed E-state index contributed by atoms with van der Waals surface area (Å²) in [7, 11) is 3.86. The minimum absolute atomic E-state index is 0.0222. The quantitative estimate of drug-likeness (QED) is 0.790. The first-order valence-electron chi connectivity index (χ1n) is 9.22. The van der Waals surface area contributed by atoms with E-state index in [4.69, 9.17) is 4.74 Å². The molecule has 0 bridgehead atoms. The number of likely N-dealkylation sites (tertiary alicyclic amines) is 1. The highest BCUT2D eigenvalue weighted by molar-refractivity contribution is 5.87. The number of benzene rings is 2. The predicted octanol–water partition coefficient (Wildman–Crippen LogP) is 3.88. The second kappa shape index (κ2) is 5.97. The molecule has 2 aliphatic rings. The first kappa shape index (κ1) is 17.8. The monoisotopic (exact) mass is 368 g/mol. The van der Waals surface area contributed by atoms with Gasteiger partial charge in [0.15, 0.2) is 0 Å². The Morgan fingerprint density at radius 1 is 1.33 bits per heavy atom. The summed E-state index contributed by atoms with van der Waals surface area (Å²) < 4.78 is 5.52. The Balaban J connectivity index is 1.58. The minimum atomic E-state index is -0.508. The van der Waals surface area contributed by atoms with Crippen LogP contribution in [0.3, 0.4) is 0 Å². The molecule has 3 atom stereocenters. The molecule has 1 fully saturated rings. The lowest BCUT2D eigenvalue weighted by Gasteiger charge is -2.34. The number of ether oxygens (including phenoxy) is 1. The fourth-order valence-corrected chi connectivity index (χ4v) is 4.83. The van der Waals surface area contributed by atoms with Gasteiger partial charge < -0.3 is 9.64 Å². The summed E-state index contributed by atoms with van der Waals surface area (Å²) >= 11 is 0. The first-order chi connectivity index (χ1) is 12.7. The Morgan fingerprint density at radius 2 is 2.07 bits per heavy atom. The van der Waals surface area contributed by atoms with Crippen LogP contribution in [0.5, 0.6) is 5.75 Å². The number of para-hydroxylation sites is 1. The number of hydrogen-bond acceptors (Lipinski definition) is 4. The van der Waals surface area contributed by atoms with Crippen molar-refractivity contribution in [2.45, 2.75) is 31.8 Å². The Labute approximate surface area is 159 Å². The fourth-order valence-electron chi connectivity index (χ4n) is 4.83. The van der Waals surface area contributed by atoms with E-state index in [1.54, 1.807) is 6.07 Å². The minimum Gasteiger partial charge on any atom is -0.410 e. The zero-order chi connectivity index (χ0) is 19.4. The van der Waals surface area contributed by atoms with Crippen LogP contribution < -0.4 is 15.0 Å². The maximum atomic E-state index is 12.3. The van der Waals surface area contributed by atoms with Crippen molar-refractivity contribution in [3.05, 3.63) is 53.6 Å². The van der Waals surface area contributed by atoms with Crippen LogP contribution in [-0.2, 0) is 5.41 Å². The molecule has 1 amide bonds. The summed E-state index contributed by atoms with van der Waals surface area (Å²) in [6.07, 6.45) is 0.330. The van der Waals surface area contributed by atoms with Gasteiger partial charge >= 0.3 is 6.09 Å². The molecular weight excluding hydrogens is 342 g/mol. The van der Waals surface area contributed by atoms with Gasteiger partial charge in [-0.05, 0) is 49.2 Å². The van der Waals surface area contributed by atoms with Crippen LogP contribution in [-0.4, -0.2) is 42.8 Å². The average Bonchev–Trinajstić information content (AvgIpc) is 2.99. The molecule has 2 aromatic rings. The molecule has 0 aliphatic carbocycles. The highest BCUT2D eigenvalue weighted by Crippen LogP contribution is 2.53. The van der Waals surface area contributed by atoms with Gasteiger partial charge in [0.1, 0.15) is 19.3 Å². The third-order valence-electron chi connectivity index (χ3n) is 6.10. The smallest absolute Gasteiger partial charge is 0.410 e. The number of carbonyl (C=O) groups is 1. The van der Waals surface area contributed by atoms with Gasteiger partial charge in [0, 0.05) is 24.8 Å². The summed E-state index contributed by atoms with van der Waals surface area (Å²) in [6, 6.07) is 13.3. The van der Waals surface area contributed by atoms with E-state index < -0.39 is 6.09 Å². The lowest BCUT2D eigenvalue weighted by Crippen LogP contribution is -2.56. The number of aryl methyl sites for hydroxylation is 1. The molecule has 2 heterocycles. The Hall–Kier alpha value is -2.57. The van der Waals surface area contributed by atoms with Crippen molar-refractivity contribution < 1.29 is 19.4 Å². The van der Waals surface area contributed by atoms with E-state index >= 15 is 0 Å². The number of anilines is 2. The Morgan fingerprint density at radius 3 is 2.81 bits per heavy atom. The molecule has 142 valence electrons. The van der Waals surface area contributed by atoms with Crippen LogP contribution in [0.25, 0.3) is 0 Å². The molecule has 6 heteroatoms. The number of carbonyl (C=O) groups excluding carboxylic acids is 1. The SMILES string of the molecule is Cc1ccccc1NC(=O)Oc1ccc2c(c1)[C@]1(C)CC[N@@+](C)(O)[C@@H]1N2C. The van der Waals surface area contributed by atoms with E-state index in [0.717, 1.165) is 28.9 Å². The van der Waals surface area contributed by atoms with Gasteiger partial charge in [-0.3, -0.25) is 5.32 Å². The molecule has 0 unspecified atom stereocenters. The second-order valence-corrected chi connectivity index (χ2v) is 8.10.